The minimum absolute atomic E-state index is 0.167. The molecule has 1 aromatic rings. The van der Waals surface area contributed by atoms with Gasteiger partial charge in [0.2, 0.25) is 5.91 Å². The lowest BCUT2D eigenvalue weighted by atomic mass is 9.83. The first-order valence-corrected chi connectivity index (χ1v) is 7.02. The Balaban J connectivity index is 1.86. The zero-order valence-corrected chi connectivity index (χ0v) is 11.5. The van der Waals surface area contributed by atoms with Gasteiger partial charge in [-0.15, -0.1) is 5.10 Å². The normalized spacial score (nSPS) is 23.3. The lowest BCUT2D eigenvalue weighted by Gasteiger charge is -2.37. The molecule has 19 heavy (non-hydrogen) atoms. The molecule has 0 spiro atoms. The smallest absolute Gasteiger partial charge is 0.224 e. The monoisotopic (exact) mass is 265 g/mol. The number of aromatic nitrogens is 3. The lowest BCUT2D eigenvalue weighted by Crippen LogP contribution is -2.46. The van der Waals surface area contributed by atoms with Gasteiger partial charge in [0.1, 0.15) is 0 Å². The van der Waals surface area contributed by atoms with Crippen molar-refractivity contribution in [3.05, 3.63) is 12.4 Å². The Morgan fingerprint density at radius 1 is 1.47 bits per heavy atom. The van der Waals surface area contributed by atoms with Crippen LogP contribution < -0.4 is 5.73 Å². The fourth-order valence-corrected chi connectivity index (χ4v) is 2.90. The standard InChI is InChI=1S/C13H23N5O/c1-17(12-5-3-2-4-11(12)10-14)13(19)6-8-18-9-7-15-16-18/h7,9,11-12H,2-6,8,10,14H2,1H3. The molecule has 0 saturated heterocycles. The van der Waals surface area contributed by atoms with Crippen molar-refractivity contribution in [2.45, 2.75) is 44.7 Å². The molecule has 0 aliphatic heterocycles. The molecule has 1 saturated carbocycles. The number of hydrogen-bond acceptors (Lipinski definition) is 4. The molecule has 0 radical (unpaired) electrons. The van der Waals surface area contributed by atoms with Crippen LogP contribution in [0.1, 0.15) is 32.1 Å². The first-order chi connectivity index (χ1) is 9.22. The summed E-state index contributed by atoms with van der Waals surface area (Å²) >= 11 is 0. The van der Waals surface area contributed by atoms with Crippen molar-refractivity contribution >= 4 is 5.91 Å². The summed E-state index contributed by atoms with van der Waals surface area (Å²) in [6.07, 6.45) is 8.51. The van der Waals surface area contributed by atoms with Crippen LogP contribution in [0.25, 0.3) is 0 Å². The summed E-state index contributed by atoms with van der Waals surface area (Å²) in [5, 5.41) is 7.60. The van der Waals surface area contributed by atoms with Crippen molar-refractivity contribution in [1.82, 2.24) is 19.9 Å². The summed E-state index contributed by atoms with van der Waals surface area (Å²) in [6.45, 7) is 1.26. The number of nitrogens with two attached hydrogens (primary N) is 1. The van der Waals surface area contributed by atoms with Gasteiger partial charge in [0.15, 0.2) is 0 Å². The Kier molecular flexibility index (Phi) is 4.90. The van der Waals surface area contributed by atoms with Crippen molar-refractivity contribution < 1.29 is 4.79 Å². The Bertz CT molecular complexity index is 392. The van der Waals surface area contributed by atoms with Gasteiger partial charge in [-0.05, 0) is 25.3 Å². The maximum Gasteiger partial charge on any atom is 0.224 e. The predicted octanol–water partition coefficient (Wildman–Crippen LogP) is 0.644. The van der Waals surface area contributed by atoms with E-state index in [4.69, 9.17) is 5.73 Å². The van der Waals surface area contributed by atoms with Crippen LogP contribution in [0.15, 0.2) is 12.4 Å². The van der Waals surface area contributed by atoms with Gasteiger partial charge in [0, 0.05) is 25.7 Å². The summed E-state index contributed by atoms with van der Waals surface area (Å²) in [5.41, 5.74) is 5.82. The predicted molar refractivity (Wildman–Crippen MR) is 72.2 cm³/mol. The Morgan fingerprint density at radius 3 is 2.95 bits per heavy atom. The van der Waals surface area contributed by atoms with Crippen LogP contribution in [0.2, 0.25) is 0 Å². The van der Waals surface area contributed by atoms with Gasteiger partial charge in [-0.25, -0.2) is 0 Å². The van der Waals surface area contributed by atoms with E-state index in [1.54, 1.807) is 17.1 Å². The number of rotatable bonds is 5. The highest BCUT2D eigenvalue weighted by molar-refractivity contribution is 5.76. The molecule has 1 aromatic heterocycles. The topological polar surface area (TPSA) is 77.0 Å². The maximum absolute atomic E-state index is 12.2. The SMILES string of the molecule is CN(C(=O)CCn1ccnn1)C1CCCCC1CN. The Labute approximate surface area is 113 Å². The average Bonchev–Trinajstić information content (AvgIpc) is 2.97. The second kappa shape index (κ2) is 6.65. The molecule has 2 rings (SSSR count). The van der Waals surface area contributed by atoms with E-state index in [1.165, 1.54) is 12.8 Å². The first kappa shape index (κ1) is 14.0. The molecule has 1 amide bonds. The van der Waals surface area contributed by atoms with Crippen LogP contribution in [0.5, 0.6) is 0 Å². The van der Waals surface area contributed by atoms with Gasteiger partial charge in [-0.1, -0.05) is 18.1 Å². The first-order valence-electron chi connectivity index (χ1n) is 7.02. The molecule has 1 fully saturated rings. The van der Waals surface area contributed by atoms with Crippen molar-refractivity contribution in [3.8, 4) is 0 Å². The fraction of sp³-hybridized carbons (Fsp3) is 0.769. The maximum atomic E-state index is 12.2. The Hall–Kier alpha value is -1.43. The third-order valence-electron chi connectivity index (χ3n) is 4.09. The van der Waals surface area contributed by atoms with Crippen LogP contribution in [0.3, 0.4) is 0 Å². The number of aryl methyl sites for hydroxylation is 1. The molecule has 6 heteroatoms. The highest BCUT2D eigenvalue weighted by Crippen LogP contribution is 2.27. The third-order valence-corrected chi connectivity index (χ3v) is 4.09. The second-order valence-electron chi connectivity index (χ2n) is 5.27. The van der Waals surface area contributed by atoms with E-state index in [2.05, 4.69) is 10.3 Å². The van der Waals surface area contributed by atoms with Crippen LogP contribution in [-0.2, 0) is 11.3 Å². The van der Waals surface area contributed by atoms with Crippen molar-refractivity contribution in [2.24, 2.45) is 11.7 Å². The highest BCUT2D eigenvalue weighted by atomic mass is 16.2. The molecule has 2 atom stereocenters. The van der Waals surface area contributed by atoms with Gasteiger partial charge in [0.05, 0.1) is 12.7 Å². The molecule has 6 nitrogen and oxygen atoms in total. The molecule has 106 valence electrons. The third kappa shape index (κ3) is 3.53. The van der Waals surface area contributed by atoms with E-state index in [0.717, 1.165) is 12.8 Å². The van der Waals surface area contributed by atoms with E-state index in [1.807, 2.05) is 11.9 Å². The molecule has 0 bridgehead atoms. The van der Waals surface area contributed by atoms with Crippen LogP contribution >= 0.6 is 0 Å². The number of carbonyl (C=O) groups excluding carboxylic acids is 1. The van der Waals surface area contributed by atoms with Crippen LogP contribution in [-0.4, -0.2) is 45.4 Å². The lowest BCUT2D eigenvalue weighted by molar-refractivity contribution is -0.133. The molecular weight excluding hydrogens is 242 g/mol. The second-order valence-corrected chi connectivity index (χ2v) is 5.27. The number of carbonyl (C=O) groups is 1. The quantitative estimate of drug-likeness (QED) is 0.847. The molecular formula is C13H23N5O. The number of amides is 1. The van der Waals surface area contributed by atoms with Crippen molar-refractivity contribution in [2.75, 3.05) is 13.6 Å². The largest absolute Gasteiger partial charge is 0.342 e. The van der Waals surface area contributed by atoms with E-state index in [9.17, 15) is 4.79 Å². The summed E-state index contributed by atoms with van der Waals surface area (Å²) in [5.74, 6) is 0.620. The zero-order valence-electron chi connectivity index (χ0n) is 11.5. The van der Waals surface area contributed by atoms with E-state index in [0.29, 0.717) is 31.5 Å². The van der Waals surface area contributed by atoms with Gasteiger partial charge in [-0.2, -0.15) is 0 Å². The number of nitrogens with zero attached hydrogens (tertiary/aromatic N) is 4. The molecule has 1 aliphatic rings. The van der Waals surface area contributed by atoms with Gasteiger partial charge in [0.25, 0.3) is 0 Å². The van der Waals surface area contributed by atoms with E-state index in [-0.39, 0.29) is 5.91 Å². The summed E-state index contributed by atoms with van der Waals surface area (Å²) in [4.78, 5) is 14.1. The Morgan fingerprint density at radius 2 is 2.26 bits per heavy atom. The van der Waals surface area contributed by atoms with Crippen LogP contribution in [0.4, 0.5) is 0 Å². The zero-order chi connectivity index (χ0) is 13.7. The van der Waals surface area contributed by atoms with Crippen molar-refractivity contribution in [1.29, 1.82) is 0 Å². The minimum Gasteiger partial charge on any atom is -0.342 e. The minimum atomic E-state index is 0.167. The number of hydrogen-bond donors (Lipinski definition) is 1. The summed E-state index contributed by atoms with van der Waals surface area (Å²) in [7, 11) is 1.91. The van der Waals surface area contributed by atoms with E-state index >= 15 is 0 Å². The molecule has 1 heterocycles. The van der Waals surface area contributed by atoms with Crippen LogP contribution in [0, 0.1) is 5.92 Å². The average molecular weight is 265 g/mol. The molecule has 0 aromatic carbocycles. The van der Waals surface area contributed by atoms with Crippen molar-refractivity contribution in [3.63, 3.8) is 0 Å². The van der Waals surface area contributed by atoms with E-state index < -0.39 is 0 Å². The van der Waals surface area contributed by atoms with Gasteiger partial charge < -0.3 is 10.6 Å². The summed E-state index contributed by atoms with van der Waals surface area (Å²) < 4.78 is 1.69. The molecule has 1 aliphatic carbocycles. The molecule has 2 N–H and O–H groups in total. The summed E-state index contributed by atoms with van der Waals surface area (Å²) in [6, 6.07) is 0.307. The molecule has 2 unspecified atom stereocenters. The van der Waals surface area contributed by atoms with Gasteiger partial charge in [-0.3, -0.25) is 9.48 Å². The highest BCUT2D eigenvalue weighted by Gasteiger charge is 2.29. The fourth-order valence-electron chi connectivity index (χ4n) is 2.90. The van der Waals surface area contributed by atoms with Gasteiger partial charge >= 0.3 is 0 Å².